The lowest BCUT2D eigenvalue weighted by molar-refractivity contribution is 0.407. The number of hydrogen-bond acceptors (Lipinski definition) is 3. The fourth-order valence-electron chi connectivity index (χ4n) is 2.16. The highest BCUT2D eigenvalue weighted by Crippen LogP contribution is 2.19. The molecule has 0 amide bonds. The number of ether oxygens (including phenoxy) is 1. The molecule has 0 saturated heterocycles. The molecule has 100 valence electrons. The van der Waals surface area contributed by atoms with Crippen molar-refractivity contribution in [2.45, 2.75) is 25.3 Å². The van der Waals surface area contributed by atoms with Crippen LogP contribution in [0.2, 0.25) is 0 Å². The van der Waals surface area contributed by atoms with Crippen molar-refractivity contribution in [1.82, 2.24) is 4.98 Å². The second-order valence-electron chi connectivity index (χ2n) is 4.67. The lowest BCUT2D eigenvalue weighted by atomic mass is 10.00. The van der Waals surface area contributed by atoms with Crippen molar-refractivity contribution in [2.75, 3.05) is 7.11 Å². The summed E-state index contributed by atoms with van der Waals surface area (Å²) >= 11 is 0. The minimum absolute atomic E-state index is 0.143. The summed E-state index contributed by atoms with van der Waals surface area (Å²) in [6, 6.07) is 12.3. The first-order chi connectivity index (χ1) is 9.29. The molecular formula is C16H20N2O. The summed E-state index contributed by atoms with van der Waals surface area (Å²) in [5, 5.41) is 0. The smallest absolute Gasteiger partial charge is 0.122 e. The SMILES string of the molecule is COc1ccccc1CC(N)CCc1ccncc1. The number of nitrogens with zero attached hydrogens (tertiary/aromatic N) is 1. The van der Waals surface area contributed by atoms with E-state index in [1.807, 2.05) is 42.7 Å². The molecule has 1 aromatic heterocycles. The molecule has 0 spiro atoms. The number of para-hydroxylation sites is 1. The normalized spacial score (nSPS) is 12.1. The van der Waals surface area contributed by atoms with Gasteiger partial charge in [0.05, 0.1) is 7.11 Å². The van der Waals surface area contributed by atoms with E-state index in [0.29, 0.717) is 0 Å². The topological polar surface area (TPSA) is 48.1 Å². The standard InChI is InChI=1S/C16H20N2O/c1-19-16-5-3-2-4-14(16)12-15(17)7-6-13-8-10-18-11-9-13/h2-5,8-11,15H,6-7,12,17H2,1H3. The zero-order chi connectivity index (χ0) is 13.5. The molecule has 3 nitrogen and oxygen atoms in total. The second-order valence-corrected chi connectivity index (χ2v) is 4.67. The van der Waals surface area contributed by atoms with Gasteiger partial charge in [0.2, 0.25) is 0 Å². The average molecular weight is 256 g/mol. The molecule has 1 unspecified atom stereocenters. The summed E-state index contributed by atoms with van der Waals surface area (Å²) in [7, 11) is 1.70. The highest BCUT2D eigenvalue weighted by Gasteiger charge is 2.08. The fraction of sp³-hybridized carbons (Fsp3) is 0.312. The Morgan fingerprint density at radius 3 is 2.63 bits per heavy atom. The number of methoxy groups -OCH3 is 1. The van der Waals surface area contributed by atoms with E-state index < -0.39 is 0 Å². The Balaban J connectivity index is 1.89. The summed E-state index contributed by atoms with van der Waals surface area (Å²) < 4.78 is 5.35. The van der Waals surface area contributed by atoms with Crippen molar-refractivity contribution >= 4 is 0 Å². The van der Waals surface area contributed by atoms with Crippen molar-refractivity contribution < 1.29 is 4.74 Å². The number of rotatable bonds is 6. The fourth-order valence-corrected chi connectivity index (χ4v) is 2.16. The summed E-state index contributed by atoms with van der Waals surface area (Å²) in [6.45, 7) is 0. The number of pyridine rings is 1. The van der Waals surface area contributed by atoms with Crippen LogP contribution in [0, 0.1) is 0 Å². The Kier molecular flexibility index (Phi) is 4.93. The van der Waals surface area contributed by atoms with Crippen LogP contribution in [0.15, 0.2) is 48.8 Å². The van der Waals surface area contributed by atoms with Gasteiger partial charge in [0.15, 0.2) is 0 Å². The lowest BCUT2D eigenvalue weighted by Gasteiger charge is -2.14. The third-order valence-corrected chi connectivity index (χ3v) is 3.23. The van der Waals surface area contributed by atoms with E-state index >= 15 is 0 Å². The van der Waals surface area contributed by atoms with Crippen molar-refractivity contribution in [3.8, 4) is 5.75 Å². The van der Waals surface area contributed by atoms with Gasteiger partial charge in [0.25, 0.3) is 0 Å². The monoisotopic (exact) mass is 256 g/mol. The van der Waals surface area contributed by atoms with Gasteiger partial charge in [-0.25, -0.2) is 0 Å². The van der Waals surface area contributed by atoms with E-state index in [9.17, 15) is 0 Å². The molecule has 1 heterocycles. The molecule has 0 fully saturated rings. The van der Waals surface area contributed by atoms with Gasteiger partial charge in [0.1, 0.15) is 5.75 Å². The number of aromatic nitrogens is 1. The van der Waals surface area contributed by atoms with Gasteiger partial charge in [-0.05, 0) is 48.6 Å². The Labute approximate surface area is 114 Å². The van der Waals surface area contributed by atoms with E-state index in [1.165, 1.54) is 11.1 Å². The summed E-state index contributed by atoms with van der Waals surface area (Å²) in [4.78, 5) is 4.02. The second kappa shape index (κ2) is 6.90. The van der Waals surface area contributed by atoms with Crippen LogP contribution in [-0.2, 0) is 12.8 Å². The first-order valence-electron chi connectivity index (χ1n) is 6.56. The molecule has 0 aliphatic carbocycles. The van der Waals surface area contributed by atoms with Crippen molar-refractivity contribution in [1.29, 1.82) is 0 Å². The van der Waals surface area contributed by atoms with Gasteiger partial charge in [0, 0.05) is 18.4 Å². The lowest BCUT2D eigenvalue weighted by Crippen LogP contribution is -2.23. The Hall–Kier alpha value is -1.87. The van der Waals surface area contributed by atoms with Crippen LogP contribution < -0.4 is 10.5 Å². The predicted octanol–water partition coefficient (Wildman–Crippen LogP) is 2.59. The van der Waals surface area contributed by atoms with Gasteiger partial charge in [-0.2, -0.15) is 0 Å². The van der Waals surface area contributed by atoms with Gasteiger partial charge in [-0.3, -0.25) is 4.98 Å². The van der Waals surface area contributed by atoms with Crippen LogP contribution in [0.25, 0.3) is 0 Å². The van der Waals surface area contributed by atoms with E-state index in [0.717, 1.165) is 25.0 Å². The highest BCUT2D eigenvalue weighted by atomic mass is 16.5. The molecule has 3 heteroatoms. The maximum atomic E-state index is 6.21. The van der Waals surface area contributed by atoms with Crippen LogP contribution in [0.3, 0.4) is 0 Å². The summed E-state index contributed by atoms with van der Waals surface area (Å²) in [6.07, 6.45) is 6.43. The summed E-state index contributed by atoms with van der Waals surface area (Å²) in [5.74, 6) is 0.918. The van der Waals surface area contributed by atoms with Crippen LogP contribution in [0.1, 0.15) is 17.5 Å². The third kappa shape index (κ3) is 4.07. The molecule has 19 heavy (non-hydrogen) atoms. The maximum absolute atomic E-state index is 6.21. The van der Waals surface area contributed by atoms with Gasteiger partial charge in [-0.15, -0.1) is 0 Å². The van der Waals surface area contributed by atoms with Gasteiger partial charge in [-0.1, -0.05) is 18.2 Å². The minimum atomic E-state index is 0.143. The first-order valence-corrected chi connectivity index (χ1v) is 6.56. The van der Waals surface area contributed by atoms with Crippen LogP contribution in [0.5, 0.6) is 5.75 Å². The van der Waals surface area contributed by atoms with Gasteiger partial charge < -0.3 is 10.5 Å². The molecule has 2 aromatic rings. The molecule has 1 atom stereocenters. The minimum Gasteiger partial charge on any atom is -0.496 e. The third-order valence-electron chi connectivity index (χ3n) is 3.23. The van der Waals surface area contributed by atoms with Crippen LogP contribution >= 0.6 is 0 Å². The summed E-state index contributed by atoms with van der Waals surface area (Å²) in [5.41, 5.74) is 8.66. The zero-order valence-electron chi connectivity index (χ0n) is 11.3. The Morgan fingerprint density at radius 2 is 1.89 bits per heavy atom. The van der Waals surface area contributed by atoms with Crippen molar-refractivity contribution in [3.63, 3.8) is 0 Å². The number of aryl methyl sites for hydroxylation is 1. The van der Waals surface area contributed by atoms with Crippen molar-refractivity contribution in [2.24, 2.45) is 5.73 Å². The van der Waals surface area contributed by atoms with E-state index in [2.05, 4.69) is 11.1 Å². The van der Waals surface area contributed by atoms with Gasteiger partial charge >= 0.3 is 0 Å². The Bertz CT molecular complexity index is 499. The number of hydrogen-bond donors (Lipinski definition) is 1. The molecular weight excluding hydrogens is 236 g/mol. The molecule has 1 aromatic carbocycles. The largest absolute Gasteiger partial charge is 0.496 e. The molecule has 2 N–H and O–H groups in total. The first kappa shape index (κ1) is 13.6. The molecule has 0 aliphatic heterocycles. The molecule has 0 bridgehead atoms. The molecule has 2 rings (SSSR count). The zero-order valence-corrected chi connectivity index (χ0v) is 11.3. The number of benzene rings is 1. The van der Waals surface area contributed by atoms with E-state index in [-0.39, 0.29) is 6.04 Å². The predicted molar refractivity (Wildman–Crippen MR) is 77.2 cm³/mol. The average Bonchev–Trinajstić information content (AvgIpc) is 2.47. The molecule has 0 radical (unpaired) electrons. The van der Waals surface area contributed by atoms with E-state index in [1.54, 1.807) is 7.11 Å². The highest BCUT2D eigenvalue weighted by molar-refractivity contribution is 5.33. The van der Waals surface area contributed by atoms with Crippen molar-refractivity contribution in [3.05, 3.63) is 59.9 Å². The van der Waals surface area contributed by atoms with Crippen LogP contribution in [0.4, 0.5) is 0 Å². The molecule has 0 aliphatic rings. The number of nitrogens with two attached hydrogens (primary N) is 1. The Morgan fingerprint density at radius 1 is 1.16 bits per heavy atom. The molecule has 0 saturated carbocycles. The van der Waals surface area contributed by atoms with E-state index in [4.69, 9.17) is 10.5 Å². The quantitative estimate of drug-likeness (QED) is 0.864. The van der Waals surface area contributed by atoms with Crippen LogP contribution in [-0.4, -0.2) is 18.1 Å². The maximum Gasteiger partial charge on any atom is 0.122 e.